The van der Waals surface area contributed by atoms with Crippen molar-refractivity contribution in [2.45, 2.75) is 33.1 Å². The molecule has 0 saturated heterocycles. The molecular formula is C13H18N4S. The normalized spacial score (nSPS) is 11.6. The number of aromatic nitrogens is 3. The van der Waals surface area contributed by atoms with E-state index in [1.807, 2.05) is 25.4 Å². The van der Waals surface area contributed by atoms with Gasteiger partial charge in [-0.3, -0.25) is 0 Å². The second kappa shape index (κ2) is 4.65. The van der Waals surface area contributed by atoms with E-state index >= 15 is 0 Å². The first-order chi connectivity index (χ1) is 8.40. The standard InChI is InChI=1S/C13H18N4S/c1-8-6-10(14-5)17-11(15-8)9-7-18-12(16-9)13(2,3)4/h6-7H,1-5H3,(H,14,15,17). The Morgan fingerprint density at radius 3 is 2.44 bits per heavy atom. The lowest BCUT2D eigenvalue weighted by molar-refractivity contribution is 0.586. The van der Waals surface area contributed by atoms with Crippen LogP contribution in [-0.4, -0.2) is 22.0 Å². The molecule has 0 aliphatic heterocycles. The Bertz CT molecular complexity index is 554. The summed E-state index contributed by atoms with van der Waals surface area (Å²) in [5.74, 6) is 1.51. The van der Waals surface area contributed by atoms with Crippen molar-refractivity contribution in [3.8, 4) is 11.5 Å². The van der Waals surface area contributed by atoms with Gasteiger partial charge >= 0.3 is 0 Å². The van der Waals surface area contributed by atoms with Crippen LogP contribution in [0.2, 0.25) is 0 Å². The second-order valence-electron chi connectivity index (χ2n) is 5.26. The molecule has 0 atom stereocenters. The van der Waals surface area contributed by atoms with Crippen LogP contribution in [0.1, 0.15) is 31.5 Å². The maximum atomic E-state index is 4.63. The van der Waals surface area contributed by atoms with Crippen LogP contribution in [0.5, 0.6) is 0 Å². The SMILES string of the molecule is CNc1cc(C)nc(-c2csc(C(C)(C)C)n2)n1. The zero-order valence-electron chi connectivity index (χ0n) is 11.4. The van der Waals surface area contributed by atoms with Crippen LogP contribution in [0.3, 0.4) is 0 Å². The minimum Gasteiger partial charge on any atom is -0.373 e. The number of nitrogens with one attached hydrogen (secondary N) is 1. The van der Waals surface area contributed by atoms with Crippen LogP contribution in [0.25, 0.3) is 11.5 Å². The van der Waals surface area contributed by atoms with Crippen LogP contribution in [0, 0.1) is 6.92 Å². The van der Waals surface area contributed by atoms with Gasteiger partial charge in [-0.15, -0.1) is 11.3 Å². The largest absolute Gasteiger partial charge is 0.373 e. The molecule has 0 bridgehead atoms. The van der Waals surface area contributed by atoms with Crippen molar-refractivity contribution in [2.75, 3.05) is 12.4 Å². The molecule has 18 heavy (non-hydrogen) atoms. The molecule has 0 radical (unpaired) electrons. The van der Waals surface area contributed by atoms with Crippen LogP contribution >= 0.6 is 11.3 Å². The molecule has 0 saturated carbocycles. The Kier molecular flexibility index (Phi) is 3.34. The lowest BCUT2D eigenvalue weighted by Crippen LogP contribution is -2.10. The van der Waals surface area contributed by atoms with Crippen molar-refractivity contribution >= 4 is 17.2 Å². The van der Waals surface area contributed by atoms with Gasteiger partial charge in [0.1, 0.15) is 11.5 Å². The molecule has 4 nitrogen and oxygen atoms in total. The van der Waals surface area contributed by atoms with Gasteiger partial charge in [-0.05, 0) is 6.92 Å². The van der Waals surface area contributed by atoms with E-state index in [9.17, 15) is 0 Å². The van der Waals surface area contributed by atoms with Crippen LogP contribution in [-0.2, 0) is 5.41 Å². The summed E-state index contributed by atoms with van der Waals surface area (Å²) in [6.07, 6.45) is 0. The third-order valence-electron chi connectivity index (χ3n) is 2.49. The molecule has 0 aromatic carbocycles. The molecule has 0 aliphatic rings. The van der Waals surface area contributed by atoms with Crippen LogP contribution in [0.15, 0.2) is 11.4 Å². The lowest BCUT2D eigenvalue weighted by atomic mass is 9.98. The fourth-order valence-electron chi connectivity index (χ4n) is 1.53. The summed E-state index contributed by atoms with van der Waals surface area (Å²) in [4.78, 5) is 13.5. The van der Waals surface area contributed by atoms with Gasteiger partial charge in [-0.1, -0.05) is 20.8 Å². The Labute approximate surface area is 112 Å². The second-order valence-corrected chi connectivity index (χ2v) is 6.11. The minimum absolute atomic E-state index is 0.0680. The van der Waals surface area contributed by atoms with Gasteiger partial charge in [0.2, 0.25) is 0 Å². The van der Waals surface area contributed by atoms with Gasteiger partial charge in [0.05, 0.1) is 5.01 Å². The highest BCUT2D eigenvalue weighted by Crippen LogP contribution is 2.28. The molecule has 2 heterocycles. The fraction of sp³-hybridized carbons (Fsp3) is 0.462. The van der Waals surface area contributed by atoms with Crippen molar-refractivity contribution in [1.29, 1.82) is 0 Å². The van der Waals surface area contributed by atoms with Gasteiger partial charge in [0, 0.05) is 29.6 Å². The van der Waals surface area contributed by atoms with E-state index in [1.165, 1.54) is 0 Å². The first-order valence-corrected chi connectivity index (χ1v) is 6.78. The fourth-order valence-corrected chi connectivity index (χ4v) is 2.42. The molecular weight excluding hydrogens is 244 g/mol. The highest BCUT2D eigenvalue weighted by Gasteiger charge is 2.19. The first-order valence-electron chi connectivity index (χ1n) is 5.90. The Morgan fingerprint density at radius 1 is 1.17 bits per heavy atom. The number of anilines is 1. The highest BCUT2D eigenvalue weighted by atomic mass is 32.1. The van der Waals surface area contributed by atoms with E-state index in [0.717, 1.165) is 22.2 Å². The number of aryl methyl sites for hydroxylation is 1. The summed E-state index contributed by atoms with van der Waals surface area (Å²) in [7, 11) is 1.85. The van der Waals surface area contributed by atoms with Crippen molar-refractivity contribution < 1.29 is 0 Å². The number of hydrogen-bond acceptors (Lipinski definition) is 5. The number of rotatable bonds is 2. The third kappa shape index (κ3) is 2.67. The molecule has 96 valence electrons. The first kappa shape index (κ1) is 13.0. The maximum absolute atomic E-state index is 4.63. The molecule has 5 heteroatoms. The van der Waals surface area contributed by atoms with E-state index < -0.39 is 0 Å². The third-order valence-corrected chi connectivity index (χ3v) is 3.75. The van der Waals surface area contributed by atoms with Gasteiger partial charge in [0.15, 0.2) is 5.82 Å². The minimum atomic E-state index is 0.0680. The smallest absolute Gasteiger partial charge is 0.181 e. The van der Waals surface area contributed by atoms with Crippen LogP contribution < -0.4 is 5.32 Å². The summed E-state index contributed by atoms with van der Waals surface area (Å²) in [6.45, 7) is 8.44. The van der Waals surface area contributed by atoms with Gasteiger partial charge in [-0.2, -0.15) is 0 Å². The molecule has 0 fully saturated rings. The molecule has 2 aromatic heterocycles. The molecule has 2 rings (SSSR count). The Hall–Kier alpha value is -1.49. The van der Waals surface area contributed by atoms with Crippen molar-refractivity contribution in [2.24, 2.45) is 0 Å². The van der Waals surface area contributed by atoms with Crippen molar-refractivity contribution in [1.82, 2.24) is 15.0 Å². The molecule has 0 aliphatic carbocycles. The summed E-state index contributed by atoms with van der Waals surface area (Å²) < 4.78 is 0. The van der Waals surface area contributed by atoms with Crippen molar-refractivity contribution in [3.05, 3.63) is 22.1 Å². The highest BCUT2D eigenvalue weighted by molar-refractivity contribution is 7.10. The Morgan fingerprint density at radius 2 is 1.89 bits per heavy atom. The average Bonchev–Trinajstić information content (AvgIpc) is 2.77. The average molecular weight is 262 g/mol. The topological polar surface area (TPSA) is 50.7 Å². The predicted octanol–water partition coefficient (Wildman–Crippen LogP) is 3.25. The molecule has 0 spiro atoms. The van der Waals surface area contributed by atoms with Gasteiger partial charge in [0.25, 0.3) is 0 Å². The van der Waals surface area contributed by atoms with Crippen molar-refractivity contribution in [3.63, 3.8) is 0 Å². The van der Waals surface area contributed by atoms with E-state index in [4.69, 9.17) is 0 Å². The Balaban J connectivity index is 2.43. The van der Waals surface area contributed by atoms with E-state index in [2.05, 4.69) is 41.0 Å². The van der Waals surface area contributed by atoms with Gasteiger partial charge in [-0.25, -0.2) is 15.0 Å². The molecule has 0 amide bonds. The summed E-state index contributed by atoms with van der Waals surface area (Å²) in [5, 5.41) is 6.17. The monoisotopic (exact) mass is 262 g/mol. The molecule has 2 aromatic rings. The summed E-state index contributed by atoms with van der Waals surface area (Å²) in [6, 6.07) is 1.92. The number of hydrogen-bond donors (Lipinski definition) is 1. The lowest BCUT2D eigenvalue weighted by Gasteiger charge is -2.13. The predicted molar refractivity (Wildman–Crippen MR) is 76.1 cm³/mol. The zero-order chi connectivity index (χ0) is 13.3. The van der Waals surface area contributed by atoms with E-state index in [0.29, 0.717) is 5.82 Å². The van der Waals surface area contributed by atoms with E-state index in [1.54, 1.807) is 11.3 Å². The number of nitrogens with zero attached hydrogens (tertiary/aromatic N) is 3. The van der Waals surface area contributed by atoms with Gasteiger partial charge < -0.3 is 5.32 Å². The van der Waals surface area contributed by atoms with Crippen LogP contribution in [0.4, 0.5) is 5.82 Å². The number of thiazole rings is 1. The maximum Gasteiger partial charge on any atom is 0.181 e. The van der Waals surface area contributed by atoms with E-state index in [-0.39, 0.29) is 5.41 Å². The summed E-state index contributed by atoms with van der Waals surface area (Å²) in [5.41, 5.74) is 1.86. The molecule has 0 unspecified atom stereocenters. The summed E-state index contributed by atoms with van der Waals surface area (Å²) >= 11 is 1.66. The quantitative estimate of drug-likeness (QED) is 0.902. The zero-order valence-corrected chi connectivity index (χ0v) is 12.2. The molecule has 1 N–H and O–H groups in total.